The Hall–Kier alpha value is -2.15. The van der Waals surface area contributed by atoms with Crippen LogP contribution in [0, 0.1) is 5.82 Å². The SMILES string of the molecule is CSc1ccccc1Cc1nc(Cl)ncc1C(=O)Nc1c(F)cccc1Cl. The van der Waals surface area contributed by atoms with Crippen molar-refractivity contribution in [3.05, 3.63) is 81.6 Å². The summed E-state index contributed by atoms with van der Waals surface area (Å²) >= 11 is 13.5. The van der Waals surface area contributed by atoms with Crippen LogP contribution in [-0.2, 0) is 6.42 Å². The van der Waals surface area contributed by atoms with E-state index in [2.05, 4.69) is 15.3 Å². The number of carbonyl (C=O) groups excluding carboxylic acids is 1. The molecule has 0 spiro atoms. The minimum absolute atomic E-state index is 0.0344. The zero-order valence-corrected chi connectivity index (χ0v) is 16.5. The Bertz CT molecular complexity index is 980. The summed E-state index contributed by atoms with van der Waals surface area (Å²) in [5.74, 6) is -1.18. The fourth-order valence-corrected chi connectivity index (χ4v) is 3.52. The van der Waals surface area contributed by atoms with Gasteiger partial charge in [0.1, 0.15) is 5.82 Å². The smallest absolute Gasteiger partial charge is 0.259 e. The Kier molecular flexibility index (Phi) is 6.31. The van der Waals surface area contributed by atoms with Gasteiger partial charge in [0.15, 0.2) is 0 Å². The Morgan fingerprint density at radius 2 is 1.96 bits per heavy atom. The molecule has 1 N–H and O–H groups in total. The first-order valence-electron chi connectivity index (χ1n) is 7.88. The second-order valence-corrected chi connectivity index (χ2v) is 7.13. The van der Waals surface area contributed by atoms with Crippen molar-refractivity contribution in [1.82, 2.24) is 9.97 Å². The molecule has 27 heavy (non-hydrogen) atoms. The number of benzene rings is 2. The molecule has 0 unspecified atom stereocenters. The summed E-state index contributed by atoms with van der Waals surface area (Å²) in [5, 5.41) is 2.63. The monoisotopic (exact) mass is 421 g/mol. The van der Waals surface area contributed by atoms with Gasteiger partial charge in [-0.25, -0.2) is 14.4 Å². The first kappa shape index (κ1) is 19.6. The number of halogens is 3. The van der Waals surface area contributed by atoms with Crippen molar-refractivity contribution >= 4 is 46.6 Å². The molecule has 0 saturated carbocycles. The van der Waals surface area contributed by atoms with E-state index in [0.29, 0.717) is 12.1 Å². The number of aromatic nitrogens is 2. The van der Waals surface area contributed by atoms with Gasteiger partial charge in [0, 0.05) is 17.5 Å². The average molecular weight is 422 g/mol. The standard InChI is InChI=1S/C19H14Cl2FN3OS/c1-27-16-8-3-2-5-11(16)9-15-12(10-23-19(21)24-15)18(26)25-17-13(20)6-4-7-14(17)22/h2-8,10H,9H2,1H3,(H,25,26). The van der Waals surface area contributed by atoms with Crippen LogP contribution in [0.25, 0.3) is 0 Å². The van der Waals surface area contributed by atoms with Crippen molar-refractivity contribution in [2.24, 2.45) is 0 Å². The largest absolute Gasteiger partial charge is 0.318 e. The number of nitrogens with zero attached hydrogens (tertiary/aromatic N) is 2. The molecule has 1 heterocycles. The first-order chi connectivity index (χ1) is 13.0. The molecule has 1 amide bonds. The van der Waals surface area contributed by atoms with Crippen LogP contribution in [0.15, 0.2) is 53.6 Å². The number of nitrogens with one attached hydrogen (secondary N) is 1. The summed E-state index contributed by atoms with van der Waals surface area (Å²) in [4.78, 5) is 21.9. The summed E-state index contributed by atoms with van der Waals surface area (Å²) in [6.45, 7) is 0. The third-order valence-electron chi connectivity index (χ3n) is 3.83. The van der Waals surface area contributed by atoms with Gasteiger partial charge in [0.05, 0.1) is 22.0 Å². The van der Waals surface area contributed by atoms with Crippen molar-refractivity contribution in [2.75, 3.05) is 11.6 Å². The second kappa shape index (κ2) is 8.69. The molecular formula is C19H14Cl2FN3OS. The van der Waals surface area contributed by atoms with Gasteiger partial charge in [-0.2, -0.15) is 0 Å². The number of para-hydroxylation sites is 1. The maximum atomic E-state index is 14.0. The molecule has 0 aliphatic rings. The van der Waals surface area contributed by atoms with Gasteiger partial charge in [-0.15, -0.1) is 11.8 Å². The molecule has 1 aromatic heterocycles. The number of thioether (sulfide) groups is 1. The van der Waals surface area contributed by atoms with E-state index in [4.69, 9.17) is 23.2 Å². The molecule has 138 valence electrons. The maximum absolute atomic E-state index is 14.0. The lowest BCUT2D eigenvalue weighted by atomic mass is 10.1. The summed E-state index contributed by atoms with van der Waals surface area (Å²) in [6, 6.07) is 12.0. The van der Waals surface area contributed by atoms with Crippen LogP contribution in [0.5, 0.6) is 0 Å². The highest BCUT2D eigenvalue weighted by Gasteiger charge is 2.18. The third-order valence-corrected chi connectivity index (χ3v) is 5.17. The van der Waals surface area contributed by atoms with E-state index in [1.165, 1.54) is 24.4 Å². The summed E-state index contributed by atoms with van der Waals surface area (Å²) in [6.07, 6.45) is 3.68. The zero-order chi connectivity index (χ0) is 19.4. The van der Waals surface area contributed by atoms with Crippen LogP contribution in [-0.4, -0.2) is 22.1 Å². The van der Waals surface area contributed by atoms with E-state index in [1.807, 2.05) is 30.5 Å². The highest BCUT2D eigenvalue weighted by Crippen LogP contribution is 2.27. The fraction of sp³-hybridized carbons (Fsp3) is 0.105. The predicted molar refractivity (Wildman–Crippen MR) is 107 cm³/mol. The fourth-order valence-electron chi connectivity index (χ4n) is 2.54. The third kappa shape index (κ3) is 4.58. The molecule has 0 fully saturated rings. The quantitative estimate of drug-likeness (QED) is 0.437. The highest BCUT2D eigenvalue weighted by molar-refractivity contribution is 7.98. The summed E-state index contributed by atoms with van der Waals surface area (Å²) in [7, 11) is 0. The van der Waals surface area contributed by atoms with Crippen molar-refractivity contribution in [2.45, 2.75) is 11.3 Å². The Morgan fingerprint density at radius 1 is 1.19 bits per heavy atom. The van der Waals surface area contributed by atoms with Gasteiger partial charge in [-0.1, -0.05) is 35.9 Å². The van der Waals surface area contributed by atoms with Crippen LogP contribution >= 0.6 is 35.0 Å². The molecule has 8 heteroatoms. The van der Waals surface area contributed by atoms with Crippen LogP contribution < -0.4 is 5.32 Å². The zero-order valence-electron chi connectivity index (χ0n) is 14.2. The molecule has 3 aromatic rings. The van der Waals surface area contributed by atoms with E-state index in [9.17, 15) is 9.18 Å². The molecule has 0 aliphatic heterocycles. The topological polar surface area (TPSA) is 54.9 Å². The molecule has 0 bridgehead atoms. The molecular weight excluding hydrogens is 408 g/mol. The molecule has 0 atom stereocenters. The van der Waals surface area contributed by atoms with Gasteiger partial charge >= 0.3 is 0 Å². The molecule has 0 radical (unpaired) electrons. The van der Waals surface area contributed by atoms with Crippen molar-refractivity contribution in [3.63, 3.8) is 0 Å². The molecule has 3 rings (SSSR count). The van der Waals surface area contributed by atoms with Gasteiger partial charge in [-0.3, -0.25) is 4.79 Å². The number of hydrogen-bond acceptors (Lipinski definition) is 4. The second-order valence-electron chi connectivity index (χ2n) is 5.54. The minimum atomic E-state index is -0.625. The highest BCUT2D eigenvalue weighted by atomic mass is 35.5. The van der Waals surface area contributed by atoms with Gasteiger partial charge in [0.2, 0.25) is 5.28 Å². The van der Waals surface area contributed by atoms with Gasteiger partial charge < -0.3 is 5.32 Å². The minimum Gasteiger partial charge on any atom is -0.318 e. The molecule has 0 saturated heterocycles. The van der Waals surface area contributed by atoms with Gasteiger partial charge in [0.25, 0.3) is 5.91 Å². The lowest BCUT2D eigenvalue weighted by molar-refractivity contribution is 0.102. The van der Waals surface area contributed by atoms with E-state index >= 15 is 0 Å². The van der Waals surface area contributed by atoms with Gasteiger partial charge in [-0.05, 0) is 41.6 Å². The van der Waals surface area contributed by atoms with Crippen molar-refractivity contribution in [1.29, 1.82) is 0 Å². The van der Waals surface area contributed by atoms with E-state index in [-0.39, 0.29) is 21.6 Å². The van der Waals surface area contributed by atoms with Crippen LogP contribution in [0.1, 0.15) is 21.6 Å². The Labute approximate surface area is 170 Å². The Balaban J connectivity index is 1.95. The van der Waals surface area contributed by atoms with Crippen LogP contribution in [0.2, 0.25) is 10.3 Å². The lowest BCUT2D eigenvalue weighted by Gasteiger charge is -2.12. The normalized spacial score (nSPS) is 10.7. The maximum Gasteiger partial charge on any atom is 0.259 e. The van der Waals surface area contributed by atoms with Crippen LogP contribution in [0.3, 0.4) is 0 Å². The number of amides is 1. The lowest BCUT2D eigenvalue weighted by Crippen LogP contribution is -2.17. The Morgan fingerprint density at radius 3 is 2.70 bits per heavy atom. The number of anilines is 1. The van der Waals surface area contributed by atoms with Crippen molar-refractivity contribution < 1.29 is 9.18 Å². The van der Waals surface area contributed by atoms with E-state index < -0.39 is 11.7 Å². The number of carbonyl (C=O) groups is 1. The number of rotatable bonds is 5. The predicted octanol–water partition coefficient (Wildman–Crippen LogP) is 5.49. The first-order valence-corrected chi connectivity index (χ1v) is 9.86. The summed E-state index contributed by atoms with van der Waals surface area (Å²) < 4.78 is 14.0. The number of hydrogen-bond donors (Lipinski definition) is 1. The van der Waals surface area contributed by atoms with Crippen molar-refractivity contribution in [3.8, 4) is 0 Å². The molecule has 0 aliphatic carbocycles. The van der Waals surface area contributed by atoms with E-state index in [1.54, 1.807) is 11.8 Å². The van der Waals surface area contributed by atoms with E-state index in [0.717, 1.165) is 10.5 Å². The van der Waals surface area contributed by atoms with Crippen LogP contribution in [0.4, 0.5) is 10.1 Å². The summed E-state index contributed by atoms with van der Waals surface area (Å²) in [5.41, 5.74) is 1.56. The average Bonchev–Trinajstić information content (AvgIpc) is 2.65. The molecule has 2 aromatic carbocycles. The molecule has 4 nitrogen and oxygen atoms in total.